The molecule has 0 aliphatic rings. The van der Waals surface area contributed by atoms with Crippen molar-refractivity contribution in [2.75, 3.05) is 7.11 Å². The molecule has 21 heavy (non-hydrogen) atoms. The Morgan fingerprint density at radius 2 is 2.00 bits per heavy atom. The normalized spacial score (nSPS) is 11.7. The van der Waals surface area contributed by atoms with E-state index in [0.717, 1.165) is 11.8 Å². The van der Waals surface area contributed by atoms with E-state index >= 15 is 0 Å². The Morgan fingerprint density at radius 3 is 2.57 bits per heavy atom. The quantitative estimate of drug-likeness (QED) is 0.919. The molecule has 1 N–H and O–H groups in total. The average molecular weight is 300 g/mol. The van der Waals surface area contributed by atoms with Gasteiger partial charge in [0.25, 0.3) is 0 Å². The molecule has 0 aromatic carbocycles. The lowest BCUT2D eigenvalue weighted by Crippen LogP contribution is -2.19. The molecule has 2 heterocycles. The molecule has 0 bridgehead atoms. The maximum Gasteiger partial charge on any atom is 0.419 e. The van der Waals surface area contributed by atoms with Gasteiger partial charge in [-0.15, -0.1) is 0 Å². The second-order valence-corrected chi connectivity index (χ2v) is 4.44. The van der Waals surface area contributed by atoms with Crippen LogP contribution in [0.25, 0.3) is 0 Å². The number of aromatic nitrogens is 3. The minimum Gasteiger partial charge on any atom is -0.481 e. The van der Waals surface area contributed by atoms with Crippen LogP contribution in [0.1, 0.15) is 16.8 Å². The number of ether oxygens (including phenoxy) is 1. The van der Waals surface area contributed by atoms with Gasteiger partial charge in [0.05, 0.1) is 24.6 Å². The van der Waals surface area contributed by atoms with E-state index in [-0.39, 0.29) is 12.2 Å². The highest BCUT2D eigenvalue weighted by atomic mass is 19.4. The van der Waals surface area contributed by atoms with E-state index in [2.05, 4.69) is 15.4 Å². The molecule has 0 aliphatic carbocycles. The van der Waals surface area contributed by atoms with E-state index in [1.807, 2.05) is 0 Å². The lowest BCUT2D eigenvalue weighted by Gasteiger charge is -2.10. The van der Waals surface area contributed by atoms with Crippen LogP contribution in [0, 0.1) is 0 Å². The molecule has 0 unspecified atom stereocenters. The van der Waals surface area contributed by atoms with Crippen LogP contribution in [0.3, 0.4) is 0 Å². The van der Waals surface area contributed by atoms with Gasteiger partial charge >= 0.3 is 6.18 Å². The molecule has 2 aromatic heterocycles. The van der Waals surface area contributed by atoms with E-state index in [9.17, 15) is 13.2 Å². The summed E-state index contributed by atoms with van der Waals surface area (Å²) in [6.45, 7) is 0.469. The minimum atomic E-state index is -4.40. The Morgan fingerprint density at radius 1 is 1.24 bits per heavy atom. The third-order valence-corrected chi connectivity index (χ3v) is 3.00. The molecule has 5 nitrogen and oxygen atoms in total. The molecule has 0 saturated carbocycles. The van der Waals surface area contributed by atoms with Gasteiger partial charge in [0.2, 0.25) is 5.88 Å². The summed E-state index contributed by atoms with van der Waals surface area (Å²) in [5, 5.41) is 6.61. The number of alkyl halides is 3. The van der Waals surface area contributed by atoms with Crippen LogP contribution >= 0.6 is 0 Å². The standard InChI is InChI=1S/C13H15F3N4O/c1-20-11(10(7-19-20)13(14,15)16)8-17-5-9-3-4-12(21-2)18-6-9/h3-4,6-7,17H,5,8H2,1-2H3. The summed E-state index contributed by atoms with van der Waals surface area (Å²) in [4.78, 5) is 4.03. The number of aryl methyl sites for hydroxylation is 1. The third-order valence-electron chi connectivity index (χ3n) is 3.00. The Bertz CT molecular complexity index is 592. The number of nitrogens with zero attached hydrogens (tertiary/aromatic N) is 3. The number of rotatable bonds is 5. The third kappa shape index (κ3) is 3.72. The fourth-order valence-electron chi connectivity index (χ4n) is 1.87. The fraction of sp³-hybridized carbons (Fsp3) is 0.385. The molecule has 0 spiro atoms. The molecule has 8 heteroatoms. The highest BCUT2D eigenvalue weighted by Crippen LogP contribution is 2.31. The molecule has 2 aromatic rings. The maximum atomic E-state index is 12.8. The molecule has 114 valence electrons. The number of halogens is 3. The second kappa shape index (κ2) is 6.13. The number of pyridine rings is 1. The molecular formula is C13H15F3N4O. The molecule has 0 atom stereocenters. The van der Waals surface area contributed by atoms with Crippen LogP contribution in [-0.4, -0.2) is 21.9 Å². The van der Waals surface area contributed by atoms with Crippen molar-refractivity contribution in [3.05, 3.63) is 41.3 Å². The van der Waals surface area contributed by atoms with Crippen molar-refractivity contribution in [1.82, 2.24) is 20.1 Å². The van der Waals surface area contributed by atoms with Gasteiger partial charge in [-0.3, -0.25) is 4.68 Å². The van der Waals surface area contributed by atoms with Crippen molar-refractivity contribution in [3.8, 4) is 5.88 Å². The number of methoxy groups -OCH3 is 1. The molecule has 0 fully saturated rings. The Labute approximate surface area is 119 Å². The van der Waals surface area contributed by atoms with Crippen molar-refractivity contribution in [1.29, 1.82) is 0 Å². The predicted octanol–water partition coefficient (Wildman–Crippen LogP) is 2.13. The van der Waals surface area contributed by atoms with Crippen LogP contribution in [0.4, 0.5) is 13.2 Å². The summed E-state index contributed by atoms with van der Waals surface area (Å²) in [7, 11) is 3.00. The SMILES string of the molecule is COc1ccc(CNCc2c(C(F)(F)F)cnn2C)cn1. The van der Waals surface area contributed by atoms with Crippen molar-refractivity contribution in [2.45, 2.75) is 19.3 Å². The smallest absolute Gasteiger partial charge is 0.419 e. The lowest BCUT2D eigenvalue weighted by atomic mass is 10.2. The van der Waals surface area contributed by atoms with Gasteiger partial charge in [0.1, 0.15) is 0 Å². The maximum absolute atomic E-state index is 12.8. The van der Waals surface area contributed by atoms with E-state index in [1.54, 1.807) is 18.3 Å². The zero-order valence-corrected chi connectivity index (χ0v) is 11.6. The minimum absolute atomic E-state index is 0.0668. The molecule has 0 radical (unpaired) electrons. The summed E-state index contributed by atoms with van der Waals surface area (Å²) in [6, 6.07) is 3.50. The average Bonchev–Trinajstić information content (AvgIpc) is 2.81. The van der Waals surface area contributed by atoms with E-state index in [1.165, 1.54) is 18.8 Å². The Kier molecular flexibility index (Phi) is 4.46. The number of nitrogens with one attached hydrogen (secondary N) is 1. The van der Waals surface area contributed by atoms with Gasteiger partial charge in [0.15, 0.2) is 0 Å². The topological polar surface area (TPSA) is 52.0 Å². The van der Waals surface area contributed by atoms with Crippen LogP contribution in [0.5, 0.6) is 5.88 Å². The van der Waals surface area contributed by atoms with E-state index in [4.69, 9.17) is 4.74 Å². The molecule has 0 aliphatic heterocycles. The first-order valence-corrected chi connectivity index (χ1v) is 6.19. The van der Waals surface area contributed by atoms with Crippen LogP contribution in [0.15, 0.2) is 24.5 Å². The fourth-order valence-corrected chi connectivity index (χ4v) is 1.87. The van der Waals surface area contributed by atoms with E-state index < -0.39 is 11.7 Å². The summed E-state index contributed by atoms with van der Waals surface area (Å²) >= 11 is 0. The summed E-state index contributed by atoms with van der Waals surface area (Å²) in [5.74, 6) is 0.491. The first-order chi connectivity index (χ1) is 9.91. The van der Waals surface area contributed by atoms with Crippen molar-refractivity contribution in [2.24, 2.45) is 7.05 Å². The lowest BCUT2D eigenvalue weighted by molar-refractivity contribution is -0.138. The molecule has 2 rings (SSSR count). The zero-order chi connectivity index (χ0) is 15.5. The highest BCUT2D eigenvalue weighted by Gasteiger charge is 2.35. The first kappa shape index (κ1) is 15.3. The largest absolute Gasteiger partial charge is 0.481 e. The second-order valence-electron chi connectivity index (χ2n) is 4.44. The Balaban J connectivity index is 1.98. The predicted molar refractivity (Wildman–Crippen MR) is 69.5 cm³/mol. The van der Waals surface area contributed by atoms with Crippen molar-refractivity contribution >= 4 is 0 Å². The van der Waals surface area contributed by atoms with Gasteiger partial charge in [-0.05, 0) is 5.56 Å². The van der Waals surface area contributed by atoms with Gasteiger partial charge in [0, 0.05) is 32.4 Å². The van der Waals surface area contributed by atoms with Crippen molar-refractivity contribution in [3.63, 3.8) is 0 Å². The van der Waals surface area contributed by atoms with Crippen molar-refractivity contribution < 1.29 is 17.9 Å². The van der Waals surface area contributed by atoms with Crippen LogP contribution in [-0.2, 0) is 26.3 Å². The van der Waals surface area contributed by atoms with Gasteiger partial charge < -0.3 is 10.1 Å². The van der Waals surface area contributed by atoms with Gasteiger partial charge in [-0.25, -0.2) is 4.98 Å². The molecule has 0 amide bonds. The summed E-state index contributed by atoms with van der Waals surface area (Å²) in [6.07, 6.45) is -1.95. The van der Waals surface area contributed by atoms with Gasteiger partial charge in [-0.2, -0.15) is 18.3 Å². The molecule has 0 saturated heterocycles. The Hall–Kier alpha value is -2.09. The van der Waals surface area contributed by atoms with E-state index in [0.29, 0.717) is 12.4 Å². The number of hydrogen-bond donors (Lipinski definition) is 1. The monoisotopic (exact) mass is 300 g/mol. The molecular weight excluding hydrogens is 285 g/mol. The summed E-state index contributed by atoms with van der Waals surface area (Å²) < 4.78 is 44.5. The highest BCUT2D eigenvalue weighted by molar-refractivity contribution is 5.21. The van der Waals surface area contributed by atoms with Gasteiger partial charge in [-0.1, -0.05) is 6.07 Å². The zero-order valence-electron chi connectivity index (χ0n) is 11.6. The van der Waals surface area contributed by atoms with Crippen LogP contribution < -0.4 is 10.1 Å². The number of hydrogen-bond acceptors (Lipinski definition) is 4. The summed E-state index contributed by atoms with van der Waals surface area (Å²) in [5.41, 5.74) is 0.237. The first-order valence-electron chi connectivity index (χ1n) is 6.19. The van der Waals surface area contributed by atoms with Crippen LogP contribution in [0.2, 0.25) is 0 Å².